The molecule has 0 aromatic heterocycles. The lowest BCUT2D eigenvalue weighted by atomic mass is 9.93. The van der Waals surface area contributed by atoms with Crippen LogP contribution in [0.3, 0.4) is 0 Å². The van der Waals surface area contributed by atoms with E-state index >= 15 is 0 Å². The molecular weight excluding hydrogens is 136 g/mol. The van der Waals surface area contributed by atoms with Gasteiger partial charge in [0.2, 0.25) is 0 Å². The molecule has 2 nitrogen and oxygen atoms in total. The third-order valence-electron chi connectivity index (χ3n) is 2.94. The van der Waals surface area contributed by atoms with Crippen molar-refractivity contribution in [2.75, 3.05) is 14.1 Å². The fraction of sp³-hybridized carbons (Fsp3) is 0.778. The molecule has 0 fully saturated rings. The Hall–Kier alpha value is -0.660. The summed E-state index contributed by atoms with van der Waals surface area (Å²) in [6.07, 6.45) is 2.15. The van der Waals surface area contributed by atoms with Crippen LogP contribution in [0.15, 0.2) is 0 Å². The van der Waals surface area contributed by atoms with Gasteiger partial charge in [0.15, 0.2) is 0 Å². The second-order valence-electron chi connectivity index (χ2n) is 3.56. The Bertz CT molecular complexity index is 174. The summed E-state index contributed by atoms with van der Waals surface area (Å²) in [5, 5.41) is 0. The zero-order valence-electron chi connectivity index (χ0n) is 8.13. The van der Waals surface area contributed by atoms with Crippen LogP contribution in [-0.4, -0.2) is 36.0 Å². The lowest BCUT2D eigenvalue weighted by molar-refractivity contribution is -0.497. The van der Waals surface area contributed by atoms with Gasteiger partial charge in [-0.15, -0.1) is 0 Å². The SMILES string of the molecule is C[C-]1C(C)C(C)N(C)C=[N+]1C. The molecule has 0 radical (unpaired) electrons. The zero-order valence-corrected chi connectivity index (χ0v) is 8.13. The minimum Gasteiger partial charge on any atom is -0.400 e. The maximum atomic E-state index is 2.28. The van der Waals surface area contributed by atoms with Crippen molar-refractivity contribution in [1.29, 1.82) is 0 Å². The zero-order chi connectivity index (χ0) is 8.59. The van der Waals surface area contributed by atoms with Crippen LogP contribution in [-0.2, 0) is 0 Å². The molecule has 0 aliphatic carbocycles. The molecule has 0 aromatic rings. The van der Waals surface area contributed by atoms with E-state index < -0.39 is 0 Å². The van der Waals surface area contributed by atoms with Crippen LogP contribution in [0, 0.1) is 12.0 Å². The van der Waals surface area contributed by atoms with Gasteiger partial charge in [0, 0.05) is 7.05 Å². The molecular formula is C9H18N2. The third-order valence-corrected chi connectivity index (χ3v) is 2.94. The first-order valence-electron chi connectivity index (χ1n) is 4.17. The molecule has 1 aliphatic rings. The molecule has 0 saturated carbocycles. The van der Waals surface area contributed by atoms with E-state index in [0.717, 1.165) is 0 Å². The molecule has 0 N–H and O–H groups in total. The van der Waals surface area contributed by atoms with Crippen LogP contribution in [0.1, 0.15) is 20.8 Å². The minimum absolute atomic E-state index is 0.631. The average Bonchev–Trinajstić information content (AvgIpc) is 1.97. The molecule has 2 unspecified atom stereocenters. The summed E-state index contributed by atoms with van der Waals surface area (Å²) in [6.45, 7) is 6.74. The number of hydrogen-bond donors (Lipinski definition) is 0. The summed E-state index contributed by atoms with van der Waals surface area (Å²) in [5.41, 5.74) is 0. The second kappa shape index (κ2) is 2.76. The average molecular weight is 154 g/mol. The Balaban J connectivity index is 2.83. The van der Waals surface area contributed by atoms with Gasteiger partial charge in [-0.05, 0) is 12.8 Å². The van der Waals surface area contributed by atoms with Crippen molar-refractivity contribution in [3.8, 4) is 0 Å². The molecule has 11 heavy (non-hydrogen) atoms. The van der Waals surface area contributed by atoms with Crippen LogP contribution < -0.4 is 0 Å². The molecule has 2 heteroatoms. The van der Waals surface area contributed by atoms with E-state index in [0.29, 0.717) is 12.0 Å². The Labute approximate surface area is 69.5 Å². The summed E-state index contributed by atoms with van der Waals surface area (Å²) < 4.78 is 2.20. The van der Waals surface area contributed by atoms with Crippen molar-refractivity contribution in [2.45, 2.75) is 26.8 Å². The van der Waals surface area contributed by atoms with Crippen molar-refractivity contribution in [2.24, 2.45) is 5.92 Å². The monoisotopic (exact) mass is 154 g/mol. The minimum atomic E-state index is 0.631. The van der Waals surface area contributed by atoms with Gasteiger partial charge in [-0.25, -0.2) is 0 Å². The van der Waals surface area contributed by atoms with Crippen LogP contribution in [0.4, 0.5) is 0 Å². The topological polar surface area (TPSA) is 6.25 Å². The van der Waals surface area contributed by atoms with Crippen molar-refractivity contribution < 1.29 is 4.58 Å². The molecule has 2 atom stereocenters. The van der Waals surface area contributed by atoms with E-state index in [4.69, 9.17) is 0 Å². The van der Waals surface area contributed by atoms with Crippen molar-refractivity contribution >= 4 is 6.34 Å². The van der Waals surface area contributed by atoms with Gasteiger partial charge < -0.3 is 9.48 Å². The summed E-state index contributed by atoms with van der Waals surface area (Å²) in [5.74, 6) is 0.662. The first-order chi connectivity index (χ1) is 5.04. The lowest BCUT2D eigenvalue weighted by Crippen LogP contribution is -2.45. The van der Waals surface area contributed by atoms with Crippen molar-refractivity contribution in [3.63, 3.8) is 0 Å². The van der Waals surface area contributed by atoms with Gasteiger partial charge in [0.25, 0.3) is 0 Å². The number of hydrogen-bond acceptors (Lipinski definition) is 1. The standard InChI is InChI=1S/C9H18N2/c1-7-8(2)10(4)6-11(5)9(7)3/h6-8H,1-5H3. The Morgan fingerprint density at radius 1 is 1.45 bits per heavy atom. The number of rotatable bonds is 0. The van der Waals surface area contributed by atoms with Crippen LogP contribution in [0.25, 0.3) is 0 Å². The van der Waals surface area contributed by atoms with Crippen molar-refractivity contribution in [3.05, 3.63) is 6.04 Å². The van der Waals surface area contributed by atoms with E-state index in [1.165, 1.54) is 6.04 Å². The summed E-state index contributed by atoms with van der Waals surface area (Å²) in [4.78, 5) is 2.26. The van der Waals surface area contributed by atoms with E-state index in [1.807, 2.05) is 0 Å². The van der Waals surface area contributed by atoms with Crippen LogP contribution >= 0.6 is 0 Å². The highest BCUT2D eigenvalue weighted by Gasteiger charge is 2.24. The molecule has 1 rings (SSSR count). The number of nitrogens with zero attached hydrogens (tertiary/aromatic N) is 2. The van der Waals surface area contributed by atoms with Gasteiger partial charge >= 0.3 is 0 Å². The molecule has 0 bridgehead atoms. The Kier molecular flexibility index (Phi) is 2.12. The van der Waals surface area contributed by atoms with Gasteiger partial charge in [-0.1, -0.05) is 19.9 Å². The molecule has 0 spiro atoms. The molecule has 64 valence electrons. The quantitative estimate of drug-likeness (QED) is 0.375. The normalized spacial score (nSPS) is 32.3. The van der Waals surface area contributed by atoms with Crippen LogP contribution in [0.5, 0.6) is 0 Å². The molecule has 1 heterocycles. The third kappa shape index (κ3) is 1.35. The largest absolute Gasteiger partial charge is 0.400 e. The second-order valence-corrected chi connectivity index (χ2v) is 3.56. The predicted octanol–water partition coefficient (Wildman–Crippen LogP) is 1.18. The highest BCUT2D eigenvalue weighted by molar-refractivity contribution is 5.50. The summed E-state index contributed by atoms with van der Waals surface area (Å²) in [6, 6.07) is 2.08. The van der Waals surface area contributed by atoms with Crippen LogP contribution in [0.2, 0.25) is 0 Å². The van der Waals surface area contributed by atoms with Gasteiger partial charge in [-0.2, -0.15) is 0 Å². The Morgan fingerprint density at radius 3 is 2.55 bits per heavy atom. The maximum absolute atomic E-state index is 2.28. The molecule has 0 aromatic carbocycles. The van der Waals surface area contributed by atoms with E-state index in [9.17, 15) is 0 Å². The Morgan fingerprint density at radius 2 is 2.00 bits per heavy atom. The molecule has 1 aliphatic heterocycles. The van der Waals surface area contributed by atoms with E-state index in [2.05, 4.69) is 50.7 Å². The van der Waals surface area contributed by atoms with E-state index in [1.54, 1.807) is 0 Å². The predicted molar refractivity (Wildman–Crippen MR) is 47.6 cm³/mol. The first kappa shape index (κ1) is 8.44. The molecule has 0 saturated heterocycles. The van der Waals surface area contributed by atoms with Crippen molar-refractivity contribution in [1.82, 2.24) is 4.90 Å². The highest BCUT2D eigenvalue weighted by atomic mass is 15.2. The van der Waals surface area contributed by atoms with E-state index in [-0.39, 0.29) is 0 Å². The highest BCUT2D eigenvalue weighted by Crippen LogP contribution is 2.23. The summed E-state index contributed by atoms with van der Waals surface area (Å²) >= 11 is 0. The summed E-state index contributed by atoms with van der Waals surface area (Å²) in [7, 11) is 4.23. The fourth-order valence-corrected chi connectivity index (χ4v) is 1.49. The lowest BCUT2D eigenvalue weighted by Gasteiger charge is -2.40. The van der Waals surface area contributed by atoms with Gasteiger partial charge in [0.05, 0.1) is 19.4 Å². The van der Waals surface area contributed by atoms with Gasteiger partial charge in [-0.3, -0.25) is 0 Å². The smallest absolute Gasteiger partial charge is 0.0928 e. The van der Waals surface area contributed by atoms with Gasteiger partial charge in [0.1, 0.15) is 0 Å². The maximum Gasteiger partial charge on any atom is 0.0928 e. The molecule has 0 amide bonds. The fourth-order valence-electron chi connectivity index (χ4n) is 1.49. The first-order valence-corrected chi connectivity index (χ1v) is 4.17.